The molecule has 3 fully saturated rings. The number of hydrogen-bond acceptors (Lipinski definition) is 3. The number of ketones is 1. The molecule has 0 amide bonds. The standard InChI is InChI=1S/C34H58OS2/c1-23(2)10-9-11-24(3)28-14-15-29-27-13-12-25-22-26(37-36-21-18-31(35)32(4,5)6)16-19-33(25,7)30(27)17-20-34(28,29)8/h12,23-24,26-30H,9-11,13-22H2,1-8H3/t24-,26+,27?,28-,29?,30?,33+,34-/m1/s1. The van der Waals surface area contributed by atoms with Gasteiger partial charge in [0.1, 0.15) is 5.78 Å². The molecule has 0 heterocycles. The van der Waals surface area contributed by atoms with Crippen molar-refractivity contribution in [3.63, 3.8) is 0 Å². The molecule has 3 unspecified atom stereocenters. The van der Waals surface area contributed by atoms with Gasteiger partial charge in [-0.3, -0.25) is 4.79 Å². The van der Waals surface area contributed by atoms with Crippen molar-refractivity contribution in [3.8, 4) is 0 Å². The van der Waals surface area contributed by atoms with E-state index in [-0.39, 0.29) is 5.41 Å². The fraction of sp³-hybridized carbons (Fsp3) is 0.912. The summed E-state index contributed by atoms with van der Waals surface area (Å²) in [6, 6.07) is 0. The van der Waals surface area contributed by atoms with Crippen LogP contribution in [0.1, 0.15) is 132 Å². The van der Waals surface area contributed by atoms with Gasteiger partial charge in [0.25, 0.3) is 0 Å². The Bertz CT molecular complexity index is 824. The zero-order chi connectivity index (χ0) is 27.0. The second-order valence-electron chi connectivity index (χ2n) is 15.5. The maximum atomic E-state index is 12.3. The Morgan fingerprint density at radius 3 is 2.49 bits per heavy atom. The fourth-order valence-electron chi connectivity index (χ4n) is 9.39. The molecule has 4 aliphatic carbocycles. The molecule has 212 valence electrons. The van der Waals surface area contributed by atoms with Crippen LogP contribution in [0.5, 0.6) is 0 Å². The van der Waals surface area contributed by atoms with Crippen LogP contribution >= 0.6 is 21.6 Å². The predicted molar refractivity (Wildman–Crippen MR) is 166 cm³/mol. The first kappa shape index (κ1) is 30.1. The van der Waals surface area contributed by atoms with E-state index in [0.717, 1.165) is 52.9 Å². The summed E-state index contributed by atoms with van der Waals surface area (Å²) < 4.78 is 0. The van der Waals surface area contributed by atoms with Crippen molar-refractivity contribution in [1.29, 1.82) is 0 Å². The van der Waals surface area contributed by atoms with Crippen LogP contribution in [0.25, 0.3) is 0 Å². The molecule has 0 saturated heterocycles. The molecule has 4 aliphatic rings. The van der Waals surface area contributed by atoms with Crippen molar-refractivity contribution in [2.24, 2.45) is 51.8 Å². The van der Waals surface area contributed by atoms with E-state index in [4.69, 9.17) is 0 Å². The Balaban J connectivity index is 1.34. The maximum Gasteiger partial charge on any atom is 0.139 e. The predicted octanol–water partition coefficient (Wildman–Crippen LogP) is 10.8. The molecule has 0 aromatic rings. The third-order valence-corrected chi connectivity index (χ3v) is 14.6. The SMILES string of the molecule is CC(C)CCC[C@@H](C)[C@H]1CCC2C3CC=C4C[C@@H](SSCCC(=O)C(C)(C)C)CC[C@]4(C)C3CC[C@@]21C. The Labute approximate surface area is 238 Å². The lowest BCUT2D eigenvalue weighted by atomic mass is 9.47. The van der Waals surface area contributed by atoms with Crippen LogP contribution in [0, 0.1) is 51.8 Å². The number of allylic oxidation sites excluding steroid dienone is 2. The summed E-state index contributed by atoms with van der Waals surface area (Å²) in [5, 5.41) is 0.738. The van der Waals surface area contributed by atoms with E-state index in [1.165, 1.54) is 70.6 Å². The molecule has 3 heteroatoms. The molecule has 0 N–H and O–H groups in total. The molecule has 0 spiro atoms. The van der Waals surface area contributed by atoms with Gasteiger partial charge in [0.15, 0.2) is 0 Å². The first-order chi connectivity index (χ1) is 17.4. The van der Waals surface area contributed by atoms with Crippen molar-refractivity contribution >= 4 is 27.4 Å². The molecule has 0 radical (unpaired) electrons. The van der Waals surface area contributed by atoms with Crippen molar-refractivity contribution in [2.75, 3.05) is 5.75 Å². The second-order valence-corrected chi connectivity index (χ2v) is 18.3. The van der Waals surface area contributed by atoms with Gasteiger partial charge in [0.2, 0.25) is 0 Å². The number of hydrogen-bond donors (Lipinski definition) is 0. The molecule has 0 aromatic heterocycles. The molecule has 0 aliphatic heterocycles. The summed E-state index contributed by atoms with van der Waals surface area (Å²) in [5.74, 6) is 6.89. The molecule has 4 rings (SSSR count). The van der Waals surface area contributed by atoms with E-state index in [2.05, 4.69) is 51.5 Å². The minimum absolute atomic E-state index is 0.192. The quantitative estimate of drug-likeness (QED) is 0.154. The highest BCUT2D eigenvalue weighted by Crippen LogP contribution is 2.67. The second kappa shape index (κ2) is 11.9. The Kier molecular flexibility index (Phi) is 9.69. The van der Waals surface area contributed by atoms with E-state index in [9.17, 15) is 4.79 Å². The minimum Gasteiger partial charge on any atom is -0.299 e. The van der Waals surface area contributed by atoms with Crippen LogP contribution in [0.4, 0.5) is 0 Å². The zero-order valence-electron chi connectivity index (χ0n) is 25.5. The van der Waals surface area contributed by atoms with Gasteiger partial charge in [-0.1, -0.05) is 108 Å². The Morgan fingerprint density at radius 2 is 1.78 bits per heavy atom. The van der Waals surface area contributed by atoms with Crippen molar-refractivity contribution in [2.45, 2.75) is 138 Å². The lowest BCUT2D eigenvalue weighted by Gasteiger charge is -2.58. The average Bonchev–Trinajstić information content (AvgIpc) is 3.18. The number of rotatable bonds is 10. The highest BCUT2D eigenvalue weighted by Gasteiger charge is 2.59. The topological polar surface area (TPSA) is 17.1 Å². The largest absolute Gasteiger partial charge is 0.299 e. The van der Waals surface area contributed by atoms with Gasteiger partial charge in [-0.05, 0) is 97.7 Å². The lowest BCUT2D eigenvalue weighted by molar-refractivity contribution is -0.125. The van der Waals surface area contributed by atoms with Crippen LogP contribution in [0.2, 0.25) is 0 Å². The highest BCUT2D eigenvalue weighted by molar-refractivity contribution is 8.76. The highest BCUT2D eigenvalue weighted by atomic mass is 33.1. The average molecular weight is 547 g/mol. The number of carbonyl (C=O) groups excluding carboxylic acids is 1. The molecule has 0 aromatic carbocycles. The lowest BCUT2D eigenvalue weighted by Crippen LogP contribution is -2.50. The number of carbonyl (C=O) groups is 1. The molecule has 3 saturated carbocycles. The summed E-state index contributed by atoms with van der Waals surface area (Å²) in [6.45, 7) is 18.9. The van der Waals surface area contributed by atoms with E-state index in [0.29, 0.717) is 16.6 Å². The number of fused-ring (bicyclic) bond motifs is 5. The Morgan fingerprint density at radius 1 is 1.03 bits per heavy atom. The summed E-state index contributed by atoms with van der Waals surface area (Å²) in [5.41, 5.74) is 2.66. The third kappa shape index (κ3) is 6.39. The van der Waals surface area contributed by atoms with Gasteiger partial charge in [0, 0.05) is 22.8 Å². The normalized spacial score (nSPS) is 38.5. The van der Waals surface area contributed by atoms with Gasteiger partial charge in [-0.25, -0.2) is 0 Å². The van der Waals surface area contributed by atoms with Gasteiger partial charge in [0.05, 0.1) is 0 Å². The summed E-state index contributed by atoms with van der Waals surface area (Å²) >= 11 is 0. The van der Waals surface area contributed by atoms with E-state index in [1.807, 2.05) is 37.1 Å². The van der Waals surface area contributed by atoms with Crippen LogP contribution in [-0.4, -0.2) is 16.8 Å². The van der Waals surface area contributed by atoms with Crippen molar-refractivity contribution in [1.82, 2.24) is 0 Å². The minimum atomic E-state index is -0.192. The molecule has 37 heavy (non-hydrogen) atoms. The van der Waals surface area contributed by atoms with E-state index >= 15 is 0 Å². The van der Waals surface area contributed by atoms with Crippen LogP contribution < -0.4 is 0 Å². The molecule has 0 bridgehead atoms. The molecule has 8 atom stereocenters. The van der Waals surface area contributed by atoms with E-state index < -0.39 is 0 Å². The maximum absolute atomic E-state index is 12.3. The third-order valence-electron chi connectivity index (χ3n) is 11.7. The summed E-state index contributed by atoms with van der Waals surface area (Å²) in [4.78, 5) is 12.3. The summed E-state index contributed by atoms with van der Waals surface area (Å²) in [7, 11) is 4.04. The first-order valence-electron chi connectivity index (χ1n) is 15.9. The molecular weight excluding hydrogens is 489 g/mol. The molecular formula is C34H58OS2. The van der Waals surface area contributed by atoms with Gasteiger partial charge >= 0.3 is 0 Å². The summed E-state index contributed by atoms with van der Waals surface area (Å²) in [6.07, 6.45) is 19.1. The smallest absolute Gasteiger partial charge is 0.139 e. The van der Waals surface area contributed by atoms with Crippen LogP contribution in [0.3, 0.4) is 0 Å². The monoisotopic (exact) mass is 546 g/mol. The van der Waals surface area contributed by atoms with Gasteiger partial charge < -0.3 is 0 Å². The zero-order valence-corrected chi connectivity index (χ0v) is 27.2. The number of Topliss-reactive ketones (excluding diaryl/α,β-unsaturated/α-hetero) is 1. The van der Waals surface area contributed by atoms with Crippen LogP contribution in [-0.2, 0) is 4.79 Å². The fourth-order valence-corrected chi connectivity index (χ4v) is 12.0. The first-order valence-corrected chi connectivity index (χ1v) is 18.3. The molecule has 1 nitrogen and oxygen atoms in total. The van der Waals surface area contributed by atoms with Crippen LogP contribution in [0.15, 0.2) is 11.6 Å². The van der Waals surface area contributed by atoms with Crippen molar-refractivity contribution in [3.05, 3.63) is 11.6 Å². The van der Waals surface area contributed by atoms with Gasteiger partial charge in [-0.2, -0.15) is 0 Å². The Hall–Kier alpha value is 0.110. The van der Waals surface area contributed by atoms with E-state index in [1.54, 1.807) is 0 Å². The van der Waals surface area contributed by atoms with Crippen molar-refractivity contribution < 1.29 is 4.79 Å². The van der Waals surface area contributed by atoms with Gasteiger partial charge in [-0.15, -0.1) is 0 Å².